The predicted molar refractivity (Wildman–Crippen MR) is 202 cm³/mol. The van der Waals surface area contributed by atoms with Crippen LogP contribution in [0, 0.1) is 50.7 Å². The molecule has 15 nitrogen and oxygen atoms in total. The molecule has 4 saturated carbocycles. The Labute approximate surface area is 336 Å². The number of aliphatic hydroxyl groups is 10. The van der Waals surface area contributed by atoms with E-state index in [1.165, 1.54) is 0 Å². The lowest BCUT2D eigenvalue weighted by atomic mass is 9.33. The van der Waals surface area contributed by atoms with Gasteiger partial charge in [-0.3, -0.25) is 0 Å². The molecule has 0 aromatic carbocycles. The summed E-state index contributed by atoms with van der Waals surface area (Å²) >= 11 is 0. The van der Waals surface area contributed by atoms with Crippen LogP contribution in [0.1, 0.15) is 98.8 Å². The molecule has 10 N–H and O–H groups in total. The number of fused-ring (bicyclic) bond motifs is 5. The van der Waals surface area contributed by atoms with Gasteiger partial charge < -0.3 is 74.7 Å². The van der Waals surface area contributed by atoms with E-state index < -0.39 is 92.2 Å². The minimum Gasteiger partial charge on any atom is -0.396 e. The predicted octanol–water partition coefficient (Wildman–Crippen LogP) is 0.192. The van der Waals surface area contributed by atoms with Gasteiger partial charge in [0, 0.05) is 23.4 Å². The molecule has 2 unspecified atom stereocenters. The van der Waals surface area contributed by atoms with Gasteiger partial charge in [0.05, 0.1) is 44.7 Å². The van der Waals surface area contributed by atoms with Gasteiger partial charge in [-0.2, -0.15) is 0 Å². The van der Waals surface area contributed by atoms with Crippen molar-refractivity contribution in [3.8, 4) is 0 Å². The molecule has 3 heterocycles. The van der Waals surface area contributed by atoms with Gasteiger partial charge in [0.2, 0.25) is 0 Å². The Hall–Kier alpha value is -0.600. The zero-order valence-electron chi connectivity index (χ0n) is 34.4. The summed E-state index contributed by atoms with van der Waals surface area (Å²) in [5.74, 6) is 0.556. The molecule has 3 saturated heterocycles. The molecular weight excluding hydrogens is 744 g/mol. The van der Waals surface area contributed by atoms with E-state index in [0.717, 1.165) is 57.8 Å². The number of ether oxygens (including phenoxy) is 5. The van der Waals surface area contributed by atoms with Crippen LogP contribution >= 0.6 is 0 Å². The van der Waals surface area contributed by atoms with Crippen molar-refractivity contribution in [2.45, 2.75) is 179 Å². The van der Waals surface area contributed by atoms with E-state index in [1.807, 2.05) is 13.8 Å². The lowest BCUT2D eigenvalue weighted by Crippen LogP contribution is -2.69. The van der Waals surface area contributed by atoms with E-state index in [-0.39, 0.29) is 58.7 Å². The number of rotatable bonds is 9. The number of aliphatic hydroxyl groups excluding tert-OH is 10. The fraction of sp³-hybridized carbons (Fsp3) is 1.00. The summed E-state index contributed by atoms with van der Waals surface area (Å²) in [5.41, 5.74) is -1.40. The van der Waals surface area contributed by atoms with Gasteiger partial charge >= 0.3 is 0 Å². The molecule has 22 atom stereocenters. The van der Waals surface area contributed by atoms with Gasteiger partial charge in [0.15, 0.2) is 12.6 Å². The third-order valence-corrected chi connectivity index (χ3v) is 17.9. The Morgan fingerprint density at radius 2 is 1.30 bits per heavy atom. The summed E-state index contributed by atoms with van der Waals surface area (Å²) in [6.07, 6.45) is -8.02. The Morgan fingerprint density at radius 3 is 1.91 bits per heavy atom. The molecule has 0 aromatic rings. The average Bonchev–Trinajstić information content (AvgIpc) is 3.20. The van der Waals surface area contributed by atoms with Gasteiger partial charge in [-0.25, -0.2) is 0 Å². The van der Waals surface area contributed by atoms with Crippen LogP contribution in [0.25, 0.3) is 0 Å². The summed E-state index contributed by atoms with van der Waals surface area (Å²) in [5, 5.41) is 107. The van der Waals surface area contributed by atoms with Crippen molar-refractivity contribution in [1.82, 2.24) is 0 Å². The molecule has 1 spiro atoms. The zero-order chi connectivity index (χ0) is 41.5. The highest BCUT2D eigenvalue weighted by atomic mass is 16.8. The quantitative estimate of drug-likeness (QED) is 0.140. The first kappa shape index (κ1) is 44.5. The van der Waals surface area contributed by atoms with Crippen molar-refractivity contribution < 1.29 is 74.7 Å². The minimum absolute atomic E-state index is 0.0165. The first-order valence-electron chi connectivity index (χ1n) is 21.6. The Morgan fingerprint density at radius 1 is 0.632 bits per heavy atom. The standard InChI is InChI=1S/C42H72O15/c1-21(16-43)23-8-13-42(20-53-23)15-14-40(4)22(35(42)52)6-7-27-38(2)11-10-28(39(3,19-46)26(38)9-12-41(27,40)5)56-37-34(32(50)30(48)25(18-45)55-37)57-36-33(51)31(49)29(47)24(17-44)54-36/h21-37,43-52H,6-20H2,1-5H3/t21-,22-,23-,24-,25-,26?,27?,28+,29-,30-,31+,32+,33-,34-,35-,36+,37+,38+,39+,40-,41-,42-/m1/s1. The van der Waals surface area contributed by atoms with Crippen molar-refractivity contribution in [2.75, 3.05) is 33.0 Å². The van der Waals surface area contributed by atoms with E-state index in [2.05, 4.69) is 20.8 Å². The summed E-state index contributed by atoms with van der Waals surface area (Å²) in [7, 11) is 0. The Balaban J connectivity index is 1.10. The second-order valence-electron chi connectivity index (χ2n) is 20.4. The fourth-order valence-corrected chi connectivity index (χ4v) is 13.9. The summed E-state index contributed by atoms with van der Waals surface area (Å²) in [4.78, 5) is 0. The van der Waals surface area contributed by atoms with Crippen molar-refractivity contribution in [3.05, 3.63) is 0 Å². The van der Waals surface area contributed by atoms with Gasteiger partial charge in [-0.15, -0.1) is 0 Å². The summed E-state index contributed by atoms with van der Waals surface area (Å²) in [6.45, 7) is 10.4. The highest BCUT2D eigenvalue weighted by molar-refractivity contribution is 5.19. The minimum atomic E-state index is -1.78. The topological polar surface area (TPSA) is 248 Å². The smallest absolute Gasteiger partial charge is 0.187 e. The highest BCUT2D eigenvalue weighted by Gasteiger charge is 2.70. The SMILES string of the molecule is C[C@H](CO)[C@H]1CC[C@@]2(CC[C@]3(C)[C@H](CCC4[C@@]5(C)CC[C@H](O[C@@H]6O[C@H](CO)[C@@H](O)[C@H](O)[C@H]6O[C@@H]6O[C@H](CO)[C@@H](O)[C@H](O)[C@H]6O)[C@@](C)(CO)C5CC[C@]43C)[C@H]2O)CO1. The van der Waals surface area contributed by atoms with Crippen LogP contribution in [0.4, 0.5) is 0 Å². The van der Waals surface area contributed by atoms with Crippen molar-refractivity contribution in [3.63, 3.8) is 0 Å². The molecule has 57 heavy (non-hydrogen) atoms. The normalized spacial score (nSPS) is 56.1. The largest absolute Gasteiger partial charge is 0.396 e. The van der Waals surface area contributed by atoms with E-state index in [4.69, 9.17) is 23.7 Å². The molecule has 7 fully saturated rings. The molecule has 330 valence electrons. The monoisotopic (exact) mass is 816 g/mol. The van der Waals surface area contributed by atoms with Gasteiger partial charge in [0.1, 0.15) is 48.8 Å². The second-order valence-corrected chi connectivity index (χ2v) is 20.4. The van der Waals surface area contributed by atoms with E-state index >= 15 is 0 Å². The summed E-state index contributed by atoms with van der Waals surface area (Å²) < 4.78 is 30.6. The maximum Gasteiger partial charge on any atom is 0.187 e. The molecule has 15 heteroatoms. The molecule has 7 aliphatic rings. The fourth-order valence-electron chi connectivity index (χ4n) is 13.9. The van der Waals surface area contributed by atoms with Crippen LogP contribution in [0.2, 0.25) is 0 Å². The van der Waals surface area contributed by atoms with Crippen LogP contribution in [0.5, 0.6) is 0 Å². The van der Waals surface area contributed by atoms with E-state index in [9.17, 15) is 51.1 Å². The van der Waals surface area contributed by atoms with E-state index in [1.54, 1.807) is 0 Å². The van der Waals surface area contributed by atoms with Gasteiger partial charge in [-0.05, 0) is 98.2 Å². The zero-order valence-corrected chi connectivity index (χ0v) is 34.4. The number of hydrogen-bond donors (Lipinski definition) is 10. The first-order chi connectivity index (χ1) is 26.9. The molecule has 3 aliphatic heterocycles. The van der Waals surface area contributed by atoms with E-state index in [0.29, 0.717) is 18.9 Å². The Bertz CT molecular complexity index is 1380. The molecular formula is C42H72O15. The first-order valence-corrected chi connectivity index (χ1v) is 21.6. The third kappa shape index (κ3) is 6.89. The van der Waals surface area contributed by atoms with Crippen LogP contribution in [0.3, 0.4) is 0 Å². The lowest BCUT2D eigenvalue weighted by Gasteiger charge is -2.73. The van der Waals surface area contributed by atoms with Crippen molar-refractivity contribution >= 4 is 0 Å². The summed E-state index contributed by atoms with van der Waals surface area (Å²) in [6, 6.07) is 0. The molecule has 7 rings (SSSR count). The molecule has 0 amide bonds. The maximum absolute atomic E-state index is 12.3. The maximum atomic E-state index is 12.3. The van der Waals surface area contributed by atoms with Crippen LogP contribution in [-0.2, 0) is 23.7 Å². The van der Waals surface area contributed by atoms with Crippen LogP contribution in [-0.4, -0.2) is 164 Å². The van der Waals surface area contributed by atoms with Gasteiger partial charge in [-0.1, -0.05) is 34.6 Å². The molecule has 4 aliphatic carbocycles. The van der Waals surface area contributed by atoms with Crippen molar-refractivity contribution in [1.29, 1.82) is 0 Å². The van der Waals surface area contributed by atoms with Crippen LogP contribution < -0.4 is 0 Å². The molecule has 0 radical (unpaired) electrons. The average molecular weight is 817 g/mol. The third-order valence-electron chi connectivity index (χ3n) is 17.9. The molecule has 0 aromatic heterocycles. The van der Waals surface area contributed by atoms with Crippen molar-refractivity contribution in [2.24, 2.45) is 50.7 Å². The second kappa shape index (κ2) is 16.3. The van der Waals surface area contributed by atoms with Gasteiger partial charge in [0.25, 0.3) is 0 Å². The van der Waals surface area contributed by atoms with Crippen LogP contribution in [0.15, 0.2) is 0 Å². The lowest BCUT2D eigenvalue weighted by molar-refractivity contribution is -0.380. The highest BCUT2D eigenvalue weighted by Crippen LogP contribution is 2.75. The number of hydrogen-bond acceptors (Lipinski definition) is 15. The Kier molecular flexibility index (Phi) is 12.7. The molecule has 0 bridgehead atoms.